The topological polar surface area (TPSA) is 47.3 Å². The average Bonchev–Trinajstić information content (AvgIpc) is 2.73. The lowest BCUT2D eigenvalue weighted by Crippen LogP contribution is -2.24. The van der Waals surface area contributed by atoms with Gasteiger partial charge in [-0.25, -0.2) is 4.98 Å². The fraction of sp³-hybridized carbons (Fsp3) is 0.769. The molecule has 0 saturated heterocycles. The minimum Gasteiger partial charge on any atom is -0.446 e. The molecule has 0 aliphatic carbocycles. The molecule has 17 heavy (non-hydrogen) atoms. The van der Waals surface area contributed by atoms with E-state index in [1.54, 1.807) is 7.11 Å². The average molecular weight is 240 g/mol. The summed E-state index contributed by atoms with van der Waals surface area (Å²) in [5.41, 5.74) is 0. The highest BCUT2D eigenvalue weighted by Crippen LogP contribution is 2.09. The standard InChI is InChI=1S/C13H24N2O2/c1-10(2)14-8-7-13-15-9-12(17-13)6-5-11(3)16-4/h9-11,14H,5-8H2,1-4H3. The second-order valence-corrected chi connectivity index (χ2v) is 4.66. The Labute approximate surface area is 104 Å². The number of hydrogen-bond donors (Lipinski definition) is 1. The lowest BCUT2D eigenvalue weighted by Gasteiger charge is -2.06. The van der Waals surface area contributed by atoms with Crippen molar-refractivity contribution in [2.75, 3.05) is 13.7 Å². The van der Waals surface area contributed by atoms with E-state index in [2.05, 4.69) is 31.1 Å². The van der Waals surface area contributed by atoms with E-state index in [1.807, 2.05) is 6.20 Å². The predicted octanol–water partition coefficient (Wildman–Crippen LogP) is 2.18. The Balaban J connectivity index is 2.27. The molecule has 1 aromatic rings. The summed E-state index contributed by atoms with van der Waals surface area (Å²) in [5.74, 6) is 1.77. The zero-order chi connectivity index (χ0) is 12.7. The van der Waals surface area contributed by atoms with Crippen LogP contribution < -0.4 is 5.32 Å². The Hall–Kier alpha value is -0.870. The Bertz CT molecular complexity index is 310. The zero-order valence-electron chi connectivity index (χ0n) is 11.3. The molecule has 1 heterocycles. The molecule has 1 atom stereocenters. The second-order valence-electron chi connectivity index (χ2n) is 4.66. The number of methoxy groups -OCH3 is 1. The van der Waals surface area contributed by atoms with Crippen molar-refractivity contribution in [2.45, 2.75) is 52.2 Å². The van der Waals surface area contributed by atoms with E-state index in [9.17, 15) is 0 Å². The molecule has 0 aromatic carbocycles. The molecule has 0 aliphatic rings. The molecule has 0 radical (unpaired) electrons. The number of rotatable bonds is 8. The van der Waals surface area contributed by atoms with Crippen molar-refractivity contribution in [1.29, 1.82) is 0 Å². The van der Waals surface area contributed by atoms with Gasteiger partial charge in [-0.05, 0) is 13.3 Å². The van der Waals surface area contributed by atoms with Gasteiger partial charge in [0.05, 0.1) is 12.3 Å². The second kappa shape index (κ2) is 7.45. The molecule has 0 amide bonds. The first-order valence-electron chi connectivity index (χ1n) is 6.31. The summed E-state index contributed by atoms with van der Waals surface area (Å²) in [6, 6.07) is 0.506. The summed E-state index contributed by atoms with van der Waals surface area (Å²) in [6.07, 6.45) is 4.80. The normalized spacial score (nSPS) is 13.2. The highest BCUT2D eigenvalue weighted by molar-refractivity contribution is 4.95. The third kappa shape index (κ3) is 5.84. The van der Waals surface area contributed by atoms with Crippen LogP contribution in [0.2, 0.25) is 0 Å². The van der Waals surface area contributed by atoms with Gasteiger partial charge in [0.15, 0.2) is 5.89 Å². The molecule has 1 N–H and O–H groups in total. The van der Waals surface area contributed by atoms with Crippen molar-refractivity contribution >= 4 is 0 Å². The molecule has 1 aromatic heterocycles. The van der Waals surface area contributed by atoms with Crippen molar-refractivity contribution in [3.8, 4) is 0 Å². The number of aromatic nitrogens is 1. The fourth-order valence-corrected chi connectivity index (χ4v) is 1.51. The van der Waals surface area contributed by atoms with Gasteiger partial charge < -0.3 is 14.5 Å². The maximum Gasteiger partial charge on any atom is 0.195 e. The van der Waals surface area contributed by atoms with Gasteiger partial charge in [0.1, 0.15) is 5.76 Å². The van der Waals surface area contributed by atoms with Crippen LogP contribution in [0.15, 0.2) is 10.6 Å². The summed E-state index contributed by atoms with van der Waals surface area (Å²) in [4.78, 5) is 4.27. The Morgan fingerprint density at radius 2 is 2.12 bits per heavy atom. The third-order valence-electron chi connectivity index (χ3n) is 2.69. The van der Waals surface area contributed by atoms with Crippen molar-refractivity contribution < 1.29 is 9.15 Å². The van der Waals surface area contributed by atoms with Crippen molar-refractivity contribution in [3.63, 3.8) is 0 Å². The first kappa shape index (κ1) is 14.2. The summed E-state index contributed by atoms with van der Waals surface area (Å²) < 4.78 is 10.9. The molecule has 0 spiro atoms. The van der Waals surface area contributed by atoms with Gasteiger partial charge in [-0.2, -0.15) is 0 Å². The SMILES string of the molecule is COC(C)CCc1cnc(CCNC(C)C)o1. The summed E-state index contributed by atoms with van der Waals surface area (Å²) in [6.45, 7) is 7.23. The van der Waals surface area contributed by atoms with Gasteiger partial charge in [-0.15, -0.1) is 0 Å². The van der Waals surface area contributed by atoms with Gasteiger partial charge in [0.2, 0.25) is 0 Å². The van der Waals surface area contributed by atoms with Crippen LogP contribution >= 0.6 is 0 Å². The molecule has 0 aliphatic heterocycles. The van der Waals surface area contributed by atoms with Gasteiger partial charge >= 0.3 is 0 Å². The van der Waals surface area contributed by atoms with Crippen LogP contribution in [0.5, 0.6) is 0 Å². The molecular weight excluding hydrogens is 216 g/mol. The van der Waals surface area contributed by atoms with Gasteiger partial charge in [0.25, 0.3) is 0 Å². The minimum absolute atomic E-state index is 0.270. The lowest BCUT2D eigenvalue weighted by atomic mass is 10.2. The molecule has 1 unspecified atom stereocenters. The lowest BCUT2D eigenvalue weighted by molar-refractivity contribution is 0.110. The maximum atomic E-state index is 5.65. The van der Waals surface area contributed by atoms with Crippen LogP contribution in [0.3, 0.4) is 0 Å². The Kier molecular flexibility index (Phi) is 6.22. The summed E-state index contributed by atoms with van der Waals surface area (Å²) >= 11 is 0. The van der Waals surface area contributed by atoms with E-state index in [1.165, 1.54) is 0 Å². The molecule has 1 rings (SSSR count). The number of oxazole rings is 1. The highest BCUT2D eigenvalue weighted by atomic mass is 16.5. The molecule has 4 heteroatoms. The smallest absolute Gasteiger partial charge is 0.195 e. The number of ether oxygens (including phenoxy) is 1. The molecule has 0 fully saturated rings. The number of aryl methyl sites for hydroxylation is 1. The van der Waals surface area contributed by atoms with Crippen molar-refractivity contribution in [3.05, 3.63) is 17.8 Å². The molecule has 0 saturated carbocycles. The Morgan fingerprint density at radius 1 is 1.35 bits per heavy atom. The van der Waals surface area contributed by atoms with Crippen LogP contribution in [0.4, 0.5) is 0 Å². The van der Waals surface area contributed by atoms with E-state index in [0.717, 1.165) is 37.5 Å². The largest absolute Gasteiger partial charge is 0.446 e. The van der Waals surface area contributed by atoms with E-state index in [0.29, 0.717) is 6.04 Å². The molecule has 4 nitrogen and oxygen atoms in total. The Morgan fingerprint density at radius 3 is 2.76 bits per heavy atom. The van der Waals surface area contributed by atoms with Gasteiger partial charge in [-0.1, -0.05) is 13.8 Å². The number of nitrogens with zero attached hydrogens (tertiary/aromatic N) is 1. The zero-order valence-corrected chi connectivity index (χ0v) is 11.3. The van der Waals surface area contributed by atoms with E-state index < -0.39 is 0 Å². The van der Waals surface area contributed by atoms with Crippen LogP contribution in [0.25, 0.3) is 0 Å². The van der Waals surface area contributed by atoms with Crippen LogP contribution in [0, 0.1) is 0 Å². The first-order valence-corrected chi connectivity index (χ1v) is 6.31. The predicted molar refractivity (Wildman–Crippen MR) is 68.1 cm³/mol. The molecule has 98 valence electrons. The van der Waals surface area contributed by atoms with E-state index >= 15 is 0 Å². The first-order chi connectivity index (χ1) is 8.11. The number of nitrogens with one attached hydrogen (secondary N) is 1. The quantitative estimate of drug-likeness (QED) is 0.756. The molecule has 0 bridgehead atoms. The molecular formula is C13H24N2O2. The fourth-order valence-electron chi connectivity index (χ4n) is 1.51. The van der Waals surface area contributed by atoms with Crippen LogP contribution in [-0.4, -0.2) is 30.8 Å². The summed E-state index contributed by atoms with van der Waals surface area (Å²) in [7, 11) is 1.73. The summed E-state index contributed by atoms with van der Waals surface area (Å²) in [5, 5.41) is 3.34. The number of hydrogen-bond acceptors (Lipinski definition) is 4. The van der Waals surface area contributed by atoms with Crippen molar-refractivity contribution in [2.24, 2.45) is 0 Å². The van der Waals surface area contributed by atoms with Crippen LogP contribution in [-0.2, 0) is 17.6 Å². The van der Waals surface area contributed by atoms with E-state index in [4.69, 9.17) is 9.15 Å². The van der Waals surface area contributed by atoms with Gasteiger partial charge in [-0.3, -0.25) is 0 Å². The maximum absolute atomic E-state index is 5.65. The van der Waals surface area contributed by atoms with Crippen molar-refractivity contribution in [1.82, 2.24) is 10.3 Å². The third-order valence-corrected chi connectivity index (χ3v) is 2.69. The minimum atomic E-state index is 0.270. The van der Waals surface area contributed by atoms with Gasteiger partial charge in [0, 0.05) is 32.5 Å². The monoisotopic (exact) mass is 240 g/mol. The van der Waals surface area contributed by atoms with Crippen LogP contribution in [0.1, 0.15) is 38.8 Å². The van der Waals surface area contributed by atoms with E-state index in [-0.39, 0.29) is 6.10 Å². The highest BCUT2D eigenvalue weighted by Gasteiger charge is 2.06.